The highest BCUT2D eigenvalue weighted by atomic mass is 16.5. The fourth-order valence-corrected chi connectivity index (χ4v) is 0.779. The summed E-state index contributed by atoms with van der Waals surface area (Å²) in [7, 11) is 3.59. The van der Waals surface area contributed by atoms with Crippen LogP contribution in [0.2, 0.25) is 0 Å². The van der Waals surface area contributed by atoms with Crippen LogP contribution >= 0.6 is 0 Å². The summed E-state index contributed by atoms with van der Waals surface area (Å²) >= 11 is 0. The molecule has 10 heavy (non-hydrogen) atoms. The van der Waals surface area contributed by atoms with Gasteiger partial charge >= 0.3 is 6.02 Å². The lowest BCUT2D eigenvalue weighted by molar-refractivity contribution is -0.380. The number of hydrogen-bond donors (Lipinski definition) is 0. The predicted molar refractivity (Wildman–Crippen MR) is 40.4 cm³/mol. The van der Waals surface area contributed by atoms with E-state index >= 15 is 0 Å². The van der Waals surface area contributed by atoms with Crippen molar-refractivity contribution in [3.05, 3.63) is 12.3 Å². The highest BCUT2D eigenvalue weighted by Crippen LogP contribution is 2.06. The Morgan fingerprint density at radius 3 is 2.40 bits per heavy atom. The number of allylic oxidation sites excluding steroid dienone is 1. The lowest BCUT2D eigenvalue weighted by atomic mass is 10.4. The fourth-order valence-electron chi connectivity index (χ4n) is 0.779. The Morgan fingerprint density at radius 2 is 2.20 bits per heavy atom. The van der Waals surface area contributed by atoms with Crippen LogP contribution in [-0.4, -0.2) is 30.4 Å². The number of amidine groups is 1. The van der Waals surface area contributed by atoms with Crippen molar-refractivity contribution in [3.63, 3.8) is 0 Å². The lowest BCUT2D eigenvalue weighted by Gasteiger charge is -1.86. The van der Waals surface area contributed by atoms with E-state index < -0.39 is 0 Å². The van der Waals surface area contributed by atoms with Gasteiger partial charge in [-0.25, -0.2) is 0 Å². The molecule has 0 N–H and O–H groups in total. The molecule has 1 aliphatic heterocycles. The zero-order valence-electron chi connectivity index (χ0n) is 6.51. The second kappa shape index (κ2) is 2.25. The molecule has 3 nitrogen and oxygen atoms in total. The molecule has 1 heterocycles. The summed E-state index contributed by atoms with van der Waals surface area (Å²) in [6.45, 7) is 5.65. The Kier molecular flexibility index (Phi) is 1.57. The largest absolute Gasteiger partial charge is 0.498 e. The summed E-state index contributed by atoms with van der Waals surface area (Å²) in [5, 5.41) is 0. The minimum atomic E-state index is 0.613. The van der Waals surface area contributed by atoms with E-state index in [1.807, 2.05) is 18.5 Å². The monoisotopic (exact) mass is 139 g/mol. The number of aliphatic imine (C=N–C) groups is 1. The molecule has 1 aliphatic rings. The second-order valence-corrected chi connectivity index (χ2v) is 2.18. The van der Waals surface area contributed by atoms with Crippen molar-refractivity contribution in [3.8, 4) is 0 Å². The first-order valence-corrected chi connectivity index (χ1v) is 3.08. The van der Waals surface area contributed by atoms with Gasteiger partial charge in [-0.05, 0) is 0 Å². The van der Waals surface area contributed by atoms with Gasteiger partial charge in [0.1, 0.15) is 12.8 Å². The molecule has 0 aliphatic carbocycles. The van der Waals surface area contributed by atoms with E-state index in [1.54, 1.807) is 7.05 Å². The minimum Gasteiger partial charge on any atom is -0.386 e. The lowest BCUT2D eigenvalue weighted by Crippen LogP contribution is -2.13. The third-order valence-corrected chi connectivity index (χ3v) is 1.60. The third kappa shape index (κ3) is 0.835. The maximum Gasteiger partial charge on any atom is 0.498 e. The van der Waals surface area contributed by atoms with E-state index in [1.165, 1.54) is 0 Å². The molecule has 0 saturated heterocycles. The first-order valence-electron chi connectivity index (χ1n) is 3.08. The Bertz CT molecular complexity index is 238. The summed E-state index contributed by atoms with van der Waals surface area (Å²) in [6.07, 6.45) is 0. The van der Waals surface area contributed by atoms with E-state index in [4.69, 9.17) is 4.74 Å². The van der Waals surface area contributed by atoms with Gasteiger partial charge in [0.25, 0.3) is 0 Å². The standard InChI is InChI=1S/C7H11N2O/c1-5-6(2)10-7(8-3)9(5)4/h2H2,1,3-4H3/q+1. The van der Waals surface area contributed by atoms with Gasteiger partial charge in [-0.3, -0.25) is 0 Å². The van der Waals surface area contributed by atoms with Crippen molar-refractivity contribution < 1.29 is 9.31 Å². The van der Waals surface area contributed by atoms with E-state index in [0.29, 0.717) is 11.8 Å². The number of nitrogens with zero attached hydrogens (tertiary/aromatic N) is 2. The average molecular weight is 139 g/mol. The summed E-state index contributed by atoms with van der Waals surface area (Å²) < 4.78 is 7.04. The Balaban J connectivity index is 3.06. The maximum absolute atomic E-state index is 5.18. The first-order chi connectivity index (χ1) is 4.66. The molecule has 0 spiro atoms. The molecule has 0 unspecified atom stereocenters. The van der Waals surface area contributed by atoms with Gasteiger partial charge in [-0.1, -0.05) is 11.6 Å². The van der Waals surface area contributed by atoms with Crippen molar-refractivity contribution in [1.82, 2.24) is 0 Å². The normalized spacial score (nSPS) is 22.3. The van der Waals surface area contributed by atoms with Crippen LogP contribution in [0.25, 0.3) is 0 Å². The summed E-state index contributed by atoms with van der Waals surface area (Å²) in [4.78, 5) is 3.91. The SMILES string of the molecule is C=C1OC(=NC)[N+](C)=C1C. The van der Waals surface area contributed by atoms with E-state index in [0.717, 1.165) is 5.71 Å². The molecule has 0 atom stereocenters. The molecule has 3 heteroatoms. The van der Waals surface area contributed by atoms with E-state index in [-0.39, 0.29) is 0 Å². The van der Waals surface area contributed by atoms with Crippen LogP contribution < -0.4 is 0 Å². The fraction of sp³-hybridized carbons (Fsp3) is 0.429. The van der Waals surface area contributed by atoms with Gasteiger partial charge in [-0.15, -0.1) is 0 Å². The van der Waals surface area contributed by atoms with Gasteiger partial charge in [0.2, 0.25) is 0 Å². The number of ether oxygens (including phenoxy) is 1. The van der Waals surface area contributed by atoms with Crippen molar-refractivity contribution in [2.45, 2.75) is 6.92 Å². The van der Waals surface area contributed by atoms with Crippen molar-refractivity contribution in [2.75, 3.05) is 14.1 Å². The zero-order valence-corrected chi connectivity index (χ0v) is 6.51. The average Bonchev–Trinajstić information content (AvgIpc) is 2.17. The second-order valence-electron chi connectivity index (χ2n) is 2.18. The predicted octanol–water partition coefficient (Wildman–Crippen LogP) is 0.619. The van der Waals surface area contributed by atoms with Crippen LogP contribution in [-0.2, 0) is 4.74 Å². The molecule has 0 aromatic carbocycles. The topological polar surface area (TPSA) is 24.6 Å². The zero-order chi connectivity index (χ0) is 7.72. The first kappa shape index (κ1) is 6.99. The van der Waals surface area contributed by atoms with Crippen LogP contribution in [0.3, 0.4) is 0 Å². The molecule has 1 rings (SSSR count). The van der Waals surface area contributed by atoms with Gasteiger partial charge in [0, 0.05) is 6.92 Å². The van der Waals surface area contributed by atoms with Gasteiger partial charge in [0.15, 0.2) is 5.76 Å². The number of rotatable bonds is 0. The molecule has 0 amide bonds. The Hall–Kier alpha value is -1.12. The molecule has 0 fully saturated rings. The third-order valence-electron chi connectivity index (χ3n) is 1.60. The molecule has 0 aromatic heterocycles. The Morgan fingerprint density at radius 1 is 1.60 bits per heavy atom. The van der Waals surface area contributed by atoms with E-state index in [2.05, 4.69) is 11.6 Å². The molecular weight excluding hydrogens is 128 g/mol. The summed E-state index contributed by atoms with van der Waals surface area (Å²) in [5.74, 6) is 0.683. The van der Waals surface area contributed by atoms with Crippen molar-refractivity contribution in [1.29, 1.82) is 0 Å². The van der Waals surface area contributed by atoms with Crippen molar-refractivity contribution in [2.24, 2.45) is 4.99 Å². The van der Waals surface area contributed by atoms with Gasteiger partial charge in [0.05, 0.1) is 7.05 Å². The smallest absolute Gasteiger partial charge is 0.386 e. The number of hydrogen-bond acceptors (Lipinski definition) is 2. The van der Waals surface area contributed by atoms with Crippen LogP contribution in [0.15, 0.2) is 17.3 Å². The summed E-state index contributed by atoms with van der Waals surface area (Å²) in [6, 6.07) is 0.613. The van der Waals surface area contributed by atoms with Crippen LogP contribution in [0, 0.1) is 0 Å². The van der Waals surface area contributed by atoms with E-state index in [9.17, 15) is 0 Å². The molecule has 0 radical (unpaired) electrons. The van der Waals surface area contributed by atoms with Crippen molar-refractivity contribution >= 4 is 11.7 Å². The van der Waals surface area contributed by atoms with Crippen LogP contribution in [0.1, 0.15) is 6.92 Å². The highest BCUT2D eigenvalue weighted by molar-refractivity contribution is 5.99. The van der Waals surface area contributed by atoms with Gasteiger partial charge in [-0.2, -0.15) is 4.58 Å². The quantitative estimate of drug-likeness (QED) is 0.451. The molecular formula is C7H11N2O+. The maximum atomic E-state index is 5.18. The Labute approximate surface area is 60.3 Å². The minimum absolute atomic E-state index is 0.613. The molecule has 0 bridgehead atoms. The van der Waals surface area contributed by atoms with Crippen LogP contribution in [0.5, 0.6) is 0 Å². The molecule has 0 aromatic rings. The molecule has 54 valence electrons. The highest BCUT2D eigenvalue weighted by Gasteiger charge is 2.26. The molecule has 0 saturated carbocycles. The summed E-state index contributed by atoms with van der Waals surface area (Å²) in [5.41, 5.74) is 1.01. The van der Waals surface area contributed by atoms with Crippen LogP contribution in [0.4, 0.5) is 0 Å². The van der Waals surface area contributed by atoms with Gasteiger partial charge < -0.3 is 4.74 Å².